The van der Waals surface area contributed by atoms with E-state index in [2.05, 4.69) is 21.2 Å². The summed E-state index contributed by atoms with van der Waals surface area (Å²) in [6.07, 6.45) is 4.70. The number of hydrogen-bond donors (Lipinski definition) is 1. The number of allylic oxidation sites excluding steroid dienone is 2. The van der Waals surface area contributed by atoms with Crippen LogP contribution in [0.15, 0.2) is 28.8 Å². The van der Waals surface area contributed by atoms with E-state index in [0.717, 1.165) is 17.4 Å². The van der Waals surface area contributed by atoms with Crippen LogP contribution in [-0.2, 0) is 14.4 Å². The third-order valence-corrected chi connectivity index (χ3v) is 6.02. The number of imide groups is 1. The fourth-order valence-electron chi connectivity index (χ4n) is 4.26. The Bertz CT molecular complexity index is 804. The maximum Gasteiger partial charge on any atom is 0.233 e. The molecule has 4 atom stereocenters. The lowest BCUT2D eigenvalue weighted by Crippen LogP contribution is -2.35. The zero-order chi connectivity index (χ0) is 18.6. The fourth-order valence-corrected chi connectivity index (χ4v) is 4.77. The smallest absolute Gasteiger partial charge is 0.233 e. The minimum atomic E-state index is -0.907. The summed E-state index contributed by atoms with van der Waals surface area (Å²) in [5.41, 5.74) is -0.172. The van der Waals surface area contributed by atoms with E-state index >= 15 is 0 Å². The Balaban J connectivity index is 1.40. The molecule has 1 saturated heterocycles. The van der Waals surface area contributed by atoms with Crippen LogP contribution in [-0.4, -0.2) is 29.2 Å². The van der Waals surface area contributed by atoms with Crippen LogP contribution in [0.1, 0.15) is 12.8 Å². The van der Waals surface area contributed by atoms with Crippen LogP contribution in [0, 0.1) is 35.3 Å². The van der Waals surface area contributed by atoms with Crippen LogP contribution in [0.5, 0.6) is 0 Å². The fraction of sp³-hybridized carbons (Fsp3) is 0.389. The Morgan fingerprint density at radius 3 is 2.35 bits per heavy atom. The van der Waals surface area contributed by atoms with Crippen LogP contribution >= 0.6 is 15.9 Å². The molecule has 2 aliphatic carbocycles. The van der Waals surface area contributed by atoms with E-state index in [1.807, 2.05) is 12.2 Å². The second-order valence-corrected chi connectivity index (χ2v) is 7.72. The van der Waals surface area contributed by atoms with Crippen molar-refractivity contribution in [2.75, 3.05) is 11.9 Å². The first-order chi connectivity index (χ1) is 12.4. The first-order valence-electron chi connectivity index (χ1n) is 8.34. The molecule has 0 spiro atoms. The summed E-state index contributed by atoms with van der Waals surface area (Å²) in [7, 11) is 0. The Labute approximate surface area is 156 Å². The highest BCUT2D eigenvalue weighted by molar-refractivity contribution is 9.10. The molecule has 1 aromatic rings. The van der Waals surface area contributed by atoms with Crippen molar-refractivity contribution in [3.05, 3.63) is 40.4 Å². The zero-order valence-electron chi connectivity index (χ0n) is 13.5. The van der Waals surface area contributed by atoms with E-state index in [4.69, 9.17) is 0 Å². The molecule has 5 nitrogen and oxygen atoms in total. The second-order valence-electron chi connectivity index (χ2n) is 6.87. The normalized spacial score (nSPS) is 28.8. The van der Waals surface area contributed by atoms with Gasteiger partial charge in [-0.15, -0.1) is 0 Å². The van der Waals surface area contributed by atoms with Gasteiger partial charge in [-0.1, -0.05) is 12.2 Å². The van der Waals surface area contributed by atoms with E-state index in [9.17, 15) is 23.2 Å². The highest BCUT2D eigenvalue weighted by atomic mass is 79.9. The van der Waals surface area contributed by atoms with Gasteiger partial charge in [-0.25, -0.2) is 8.78 Å². The van der Waals surface area contributed by atoms with Crippen molar-refractivity contribution in [1.82, 2.24) is 4.90 Å². The molecule has 1 aromatic carbocycles. The number of rotatable bonds is 4. The van der Waals surface area contributed by atoms with E-state index in [1.165, 1.54) is 0 Å². The maximum atomic E-state index is 13.8. The molecule has 1 saturated carbocycles. The Kier molecular flexibility index (Phi) is 4.17. The zero-order valence-corrected chi connectivity index (χ0v) is 15.1. The van der Waals surface area contributed by atoms with E-state index < -0.39 is 17.5 Å². The lowest BCUT2D eigenvalue weighted by molar-refractivity contribution is -0.140. The second kappa shape index (κ2) is 6.26. The average molecular weight is 425 g/mol. The van der Waals surface area contributed by atoms with Gasteiger partial charge in [0.05, 0.1) is 17.5 Å². The molecule has 136 valence electrons. The molecule has 0 unspecified atom stereocenters. The summed E-state index contributed by atoms with van der Waals surface area (Å²) in [6.45, 7) is -0.0453. The molecule has 0 aromatic heterocycles. The molecule has 0 radical (unpaired) electrons. The average Bonchev–Trinajstić information content (AvgIpc) is 3.24. The quantitative estimate of drug-likeness (QED) is 0.596. The van der Waals surface area contributed by atoms with Crippen LogP contribution < -0.4 is 5.32 Å². The number of halogens is 3. The maximum absolute atomic E-state index is 13.8. The van der Waals surface area contributed by atoms with E-state index in [0.29, 0.717) is 6.07 Å². The summed E-state index contributed by atoms with van der Waals surface area (Å²) >= 11 is 3.00. The molecule has 1 N–H and O–H groups in total. The number of carbonyl (C=O) groups excluding carboxylic acids is 3. The highest BCUT2D eigenvalue weighted by Gasteiger charge is 2.59. The van der Waals surface area contributed by atoms with Gasteiger partial charge in [0.25, 0.3) is 0 Å². The SMILES string of the molecule is O=C(CCN1C(=O)[C@@H]2[C@@H](C1=O)[C@H]1C=C[C@H]2C1)Nc1c(F)cc(F)cc1Br. The molecular weight excluding hydrogens is 410 g/mol. The van der Waals surface area contributed by atoms with Crippen molar-refractivity contribution < 1.29 is 23.2 Å². The summed E-state index contributed by atoms with van der Waals surface area (Å²) in [6, 6.07) is 1.70. The number of carbonyl (C=O) groups is 3. The lowest BCUT2D eigenvalue weighted by Gasteiger charge is -2.17. The molecule has 3 aliphatic rings. The predicted octanol–water partition coefficient (Wildman–Crippen LogP) is 2.86. The number of nitrogens with one attached hydrogen (secondary N) is 1. The summed E-state index contributed by atoms with van der Waals surface area (Å²) in [5.74, 6) is -3.05. The Morgan fingerprint density at radius 2 is 1.77 bits per heavy atom. The van der Waals surface area contributed by atoms with Crippen LogP contribution in [0.4, 0.5) is 14.5 Å². The van der Waals surface area contributed by atoms with Crippen LogP contribution in [0.3, 0.4) is 0 Å². The Morgan fingerprint density at radius 1 is 1.15 bits per heavy atom. The van der Waals surface area contributed by atoms with Crippen molar-refractivity contribution in [3.63, 3.8) is 0 Å². The third kappa shape index (κ3) is 2.67. The monoisotopic (exact) mass is 424 g/mol. The number of amides is 3. The van der Waals surface area contributed by atoms with Crippen LogP contribution in [0.2, 0.25) is 0 Å². The Hall–Kier alpha value is -2.09. The van der Waals surface area contributed by atoms with Crippen molar-refractivity contribution in [2.45, 2.75) is 12.8 Å². The van der Waals surface area contributed by atoms with Gasteiger partial charge in [0, 0.05) is 23.5 Å². The van der Waals surface area contributed by atoms with Crippen LogP contribution in [0.25, 0.3) is 0 Å². The molecule has 8 heteroatoms. The molecule has 3 amide bonds. The van der Waals surface area contributed by atoms with Gasteiger partial charge >= 0.3 is 0 Å². The molecule has 1 aliphatic heterocycles. The summed E-state index contributed by atoms with van der Waals surface area (Å²) < 4.78 is 26.9. The number of likely N-dealkylation sites (tertiary alicyclic amines) is 1. The van der Waals surface area contributed by atoms with Gasteiger partial charge < -0.3 is 5.32 Å². The number of benzene rings is 1. The number of fused-ring (bicyclic) bond motifs is 5. The van der Waals surface area contributed by atoms with Gasteiger partial charge in [0.1, 0.15) is 5.82 Å². The van der Waals surface area contributed by atoms with Gasteiger partial charge in [0.15, 0.2) is 5.82 Å². The molecule has 2 fully saturated rings. The number of anilines is 1. The number of hydrogen-bond acceptors (Lipinski definition) is 3. The minimum absolute atomic E-state index is 0.0453. The van der Waals surface area contributed by atoms with E-state index in [-0.39, 0.29) is 58.6 Å². The standard InChI is InChI=1S/C18H15BrF2N2O3/c19-11-6-10(20)7-12(21)16(11)22-13(24)3-4-23-17(25)14-8-1-2-9(5-8)15(14)18(23)26/h1-2,6-9,14-15H,3-5H2,(H,22,24)/t8-,9-,14-,15-/m0/s1. The molecule has 4 rings (SSSR count). The molecule has 26 heavy (non-hydrogen) atoms. The van der Waals surface area contributed by atoms with Gasteiger partial charge in [-0.3, -0.25) is 19.3 Å². The molecular formula is C18H15BrF2N2O3. The first-order valence-corrected chi connectivity index (χ1v) is 9.14. The van der Waals surface area contributed by atoms with Gasteiger partial charge in [0.2, 0.25) is 17.7 Å². The lowest BCUT2D eigenvalue weighted by atomic mass is 9.85. The largest absolute Gasteiger partial charge is 0.323 e. The summed E-state index contributed by atoms with van der Waals surface area (Å²) in [4.78, 5) is 38.3. The number of nitrogens with zero attached hydrogens (tertiary/aromatic N) is 1. The van der Waals surface area contributed by atoms with Crippen molar-refractivity contribution in [3.8, 4) is 0 Å². The summed E-state index contributed by atoms with van der Waals surface area (Å²) in [5, 5.41) is 2.35. The van der Waals surface area contributed by atoms with Gasteiger partial charge in [-0.2, -0.15) is 0 Å². The van der Waals surface area contributed by atoms with Crippen molar-refractivity contribution in [2.24, 2.45) is 23.7 Å². The van der Waals surface area contributed by atoms with Gasteiger partial charge in [-0.05, 0) is 40.3 Å². The van der Waals surface area contributed by atoms with E-state index in [1.54, 1.807) is 0 Å². The first kappa shape index (κ1) is 17.3. The highest BCUT2D eigenvalue weighted by Crippen LogP contribution is 2.52. The van der Waals surface area contributed by atoms with Crippen molar-refractivity contribution >= 4 is 39.3 Å². The topological polar surface area (TPSA) is 66.5 Å². The molecule has 1 heterocycles. The third-order valence-electron chi connectivity index (χ3n) is 5.40. The minimum Gasteiger partial charge on any atom is -0.323 e. The van der Waals surface area contributed by atoms with Crippen molar-refractivity contribution in [1.29, 1.82) is 0 Å². The predicted molar refractivity (Wildman–Crippen MR) is 91.7 cm³/mol. The molecule has 2 bridgehead atoms.